The van der Waals surface area contributed by atoms with E-state index in [-0.39, 0.29) is 11.9 Å². The van der Waals surface area contributed by atoms with Crippen molar-refractivity contribution < 1.29 is 4.79 Å². The Morgan fingerprint density at radius 3 is 2.64 bits per heavy atom. The van der Waals surface area contributed by atoms with Crippen molar-refractivity contribution in [3.8, 4) is 0 Å². The van der Waals surface area contributed by atoms with E-state index >= 15 is 0 Å². The van der Waals surface area contributed by atoms with Crippen molar-refractivity contribution in [3.63, 3.8) is 0 Å². The number of hydrogen-bond donors (Lipinski definition) is 1. The Morgan fingerprint density at radius 2 is 1.91 bits per heavy atom. The van der Waals surface area contributed by atoms with Crippen LogP contribution in [0.5, 0.6) is 0 Å². The molecule has 1 N–H and O–H groups in total. The number of carbonyl (C=O) groups is 1. The lowest BCUT2D eigenvalue weighted by Crippen LogP contribution is -2.26. The van der Waals surface area contributed by atoms with E-state index < -0.39 is 0 Å². The van der Waals surface area contributed by atoms with Crippen molar-refractivity contribution in [2.24, 2.45) is 0 Å². The molecule has 0 bridgehead atoms. The number of nitrogens with zero attached hydrogens (tertiary/aromatic N) is 1. The molecule has 0 radical (unpaired) electrons. The van der Waals surface area contributed by atoms with Gasteiger partial charge in [-0.3, -0.25) is 4.79 Å². The fourth-order valence-corrected chi connectivity index (χ4v) is 2.85. The molecule has 0 aliphatic heterocycles. The van der Waals surface area contributed by atoms with Gasteiger partial charge in [0.15, 0.2) is 0 Å². The van der Waals surface area contributed by atoms with Crippen LogP contribution in [-0.4, -0.2) is 30.9 Å². The number of benzene rings is 2. The van der Waals surface area contributed by atoms with Crippen LogP contribution in [0.4, 0.5) is 0 Å². The number of amides is 1. The van der Waals surface area contributed by atoms with Crippen molar-refractivity contribution in [2.45, 2.75) is 24.9 Å². The number of nitrogens with one attached hydrogen (secondary N) is 1. The smallest absolute Gasteiger partial charge is 0.251 e. The minimum absolute atomic E-state index is 0.0315. The molecule has 1 aliphatic carbocycles. The van der Waals surface area contributed by atoms with Gasteiger partial charge in [0, 0.05) is 24.1 Å². The highest BCUT2D eigenvalue weighted by molar-refractivity contribution is 5.94. The van der Waals surface area contributed by atoms with E-state index in [1.165, 1.54) is 5.56 Å². The van der Waals surface area contributed by atoms with E-state index in [1.807, 2.05) is 38.4 Å². The van der Waals surface area contributed by atoms with Gasteiger partial charge in [0.2, 0.25) is 0 Å². The molecule has 2 aromatic carbocycles. The van der Waals surface area contributed by atoms with Crippen LogP contribution in [0.3, 0.4) is 0 Å². The Kier molecular flexibility index (Phi) is 4.25. The third kappa shape index (κ3) is 3.55. The van der Waals surface area contributed by atoms with Gasteiger partial charge >= 0.3 is 0 Å². The SMILES string of the molecule is CN(C)Cc1cccc(C(=O)NC2CC2c2ccccc2)c1. The zero-order chi connectivity index (χ0) is 15.5. The molecule has 0 heterocycles. The Morgan fingerprint density at radius 1 is 1.14 bits per heavy atom. The van der Waals surface area contributed by atoms with Crippen LogP contribution in [-0.2, 0) is 6.54 Å². The summed E-state index contributed by atoms with van der Waals surface area (Å²) in [6, 6.07) is 18.5. The molecule has 22 heavy (non-hydrogen) atoms. The lowest BCUT2D eigenvalue weighted by Gasteiger charge is -2.11. The van der Waals surface area contributed by atoms with Gasteiger partial charge in [-0.05, 0) is 43.8 Å². The van der Waals surface area contributed by atoms with Crippen LogP contribution in [0.1, 0.15) is 33.8 Å². The Labute approximate surface area is 132 Å². The van der Waals surface area contributed by atoms with Crippen LogP contribution in [0.2, 0.25) is 0 Å². The van der Waals surface area contributed by atoms with Gasteiger partial charge in [-0.1, -0.05) is 42.5 Å². The van der Waals surface area contributed by atoms with E-state index in [1.54, 1.807) is 0 Å². The first-order valence-electron chi connectivity index (χ1n) is 7.73. The molecule has 2 unspecified atom stereocenters. The minimum atomic E-state index is 0.0315. The molecule has 3 rings (SSSR count). The maximum Gasteiger partial charge on any atom is 0.251 e. The highest BCUT2D eigenvalue weighted by Crippen LogP contribution is 2.40. The standard InChI is InChI=1S/C19H22N2O/c1-21(2)13-14-7-6-10-16(11-14)19(22)20-18-12-17(18)15-8-4-3-5-9-15/h3-11,17-18H,12-13H2,1-2H3,(H,20,22). The first-order chi connectivity index (χ1) is 10.6. The normalized spacial score (nSPS) is 20.0. The fraction of sp³-hybridized carbons (Fsp3) is 0.316. The van der Waals surface area contributed by atoms with Gasteiger partial charge < -0.3 is 10.2 Å². The van der Waals surface area contributed by atoms with Crippen LogP contribution in [0, 0.1) is 0 Å². The van der Waals surface area contributed by atoms with Gasteiger partial charge in [-0.15, -0.1) is 0 Å². The first-order valence-corrected chi connectivity index (χ1v) is 7.73. The predicted octanol–water partition coefficient (Wildman–Crippen LogP) is 3.03. The van der Waals surface area contributed by atoms with E-state index in [2.05, 4.69) is 40.5 Å². The van der Waals surface area contributed by atoms with Crippen molar-refractivity contribution in [2.75, 3.05) is 14.1 Å². The van der Waals surface area contributed by atoms with Crippen LogP contribution >= 0.6 is 0 Å². The van der Waals surface area contributed by atoms with Crippen molar-refractivity contribution in [3.05, 3.63) is 71.3 Å². The van der Waals surface area contributed by atoms with Crippen molar-refractivity contribution >= 4 is 5.91 Å². The zero-order valence-electron chi connectivity index (χ0n) is 13.1. The molecular weight excluding hydrogens is 272 g/mol. The molecule has 0 saturated heterocycles. The molecule has 1 aliphatic rings. The Balaban J connectivity index is 1.61. The summed E-state index contributed by atoms with van der Waals surface area (Å²) in [5, 5.41) is 3.15. The molecule has 2 aromatic rings. The van der Waals surface area contributed by atoms with E-state index in [4.69, 9.17) is 0 Å². The molecule has 3 heteroatoms. The fourth-order valence-electron chi connectivity index (χ4n) is 2.85. The molecular formula is C19H22N2O. The summed E-state index contributed by atoms with van der Waals surface area (Å²) < 4.78 is 0. The monoisotopic (exact) mass is 294 g/mol. The molecule has 1 fully saturated rings. The molecule has 3 nitrogen and oxygen atoms in total. The largest absolute Gasteiger partial charge is 0.349 e. The average Bonchev–Trinajstić information content (AvgIpc) is 3.27. The summed E-state index contributed by atoms with van der Waals surface area (Å²) in [7, 11) is 4.06. The second-order valence-electron chi connectivity index (χ2n) is 6.27. The highest BCUT2D eigenvalue weighted by Gasteiger charge is 2.39. The summed E-state index contributed by atoms with van der Waals surface area (Å²) >= 11 is 0. The second kappa shape index (κ2) is 6.32. The van der Waals surface area contributed by atoms with E-state index in [0.717, 1.165) is 24.1 Å². The zero-order valence-corrected chi connectivity index (χ0v) is 13.1. The molecule has 0 aromatic heterocycles. The second-order valence-corrected chi connectivity index (χ2v) is 6.27. The molecule has 114 valence electrons. The number of hydrogen-bond acceptors (Lipinski definition) is 2. The van der Waals surface area contributed by atoms with E-state index in [0.29, 0.717) is 5.92 Å². The summed E-state index contributed by atoms with van der Waals surface area (Å²) in [6.45, 7) is 0.844. The van der Waals surface area contributed by atoms with Crippen molar-refractivity contribution in [1.82, 2.24) is 10.2 Å². The quantitative estimate of drug-likeness (QED) is 0.919. The predicted molar refractivity (Wildman–Crippen MR) is 88.9 cm³/mol. The Hall–Kier alpha value is -2.13. The summed E-state index contributed by atoms with van der Waals surface area (Å²) in [5.41, 5.74) is 3.22. The van der Waals surface area contributed by atoms with Gasteiger partial charge in [-0.2, -0.15) is 0 Å². The number of carbonyl (C=O) groups excluding carboxylic acids is 1. The summed E-state index contributed by atoms with van der Waals surface area (Å²) in [5.74, 6) is 0.499. The maximum absolute atomic E-state index is 12.4. The van der Waals surface area contributed by atoms with Crippen LogP contribution < -0.4 is 5.32 Å². The summed E-state index contributed by atoms with van der Waals surface area (Å²) in [6.07, 6.45) is 1.03. The third-order valence-electron chi connectivity index (χ3n) is 4.02. The molecule has 0 spiro atoms. The van der Waals surface area contributed by atoms with Gasteiger partial charge in [0.1, 0.15) is 0 Å². The Bertz CT molecular complexity index is 651. The van der Waals surface area contributed by atoms with Gasteiger partial charge in [0.25, 0.3) is 5.91 Å². The van der Waals surface area contributed by atoms with E-state index in [9.17, 15) is 4.79 Å². The minimum Gasteiger partial charge on any atom is -0.349 e. The van der Waals surface area contributed by atoms with Crippen LogP contribution in [0.15, 0.2) is 54.6 Å². The third-order valence-corrected chi connectivity index (χ3v) is 4.02. The van der Waals surface area contributed by atoms with Crippen molar-refractivity contribution in [1.29, 1.82) is 0 Å². The van der Waals surface area contributed by atoms with Gasteiger partial charge in [-0.25, -0.2) is 0 Å². The topological polar surface area (TPSA) is 32.3 Å². The highest BCUT2D eigenvalue weighted by atomic mass is 16.1. The lowest BCUT2D eigenvalue weighted by molar-refractivity contribution is 0.0950. The van der Waals surface area contributed by atoms with Gasteiger partial charge in [0.05, 0.1) is 0 Å². The first kappa shape index (κ1) is 14.8. The molecule has 2 atom stereocenters. The van der Waals surface area contributed by atoms with Crippen LogP contribution in [0.25, 0.3) is 0 Å². The number of rotatable bonds is 5. The summed E-state index contributed by atoms with van der Waals surface area (Å²) in [4.78, 5) is 14.5. The molecule has 1 saturated carbocycles. The average molecular weight is 294 g/mol. The maximum atomic E-state index is 12.4. The molecule has 1 amide bonds. The lowest BCUT2D eigenvalue weighted by atomic mass is 10.1.